The van der Waals surface area contributed by atoms with Crippen LogP contribution in [-0.4, -0.2) is 45.9 Å². The van der Waals surface area contributed by atoms with E-state index in [0.717, 1.165) is 59.8 Å². The third-order valence-electron chi connectivity index (χ3n) is 4.60. The number of fused-ring (bicyclic) bond motifs is 2. The second kappa shape index (κ2) is 5.82. The van der Waals surface area contributed by atoms with Crippen LogP contribution in [-0.2, 0) is 4.74 Å². The molecule has 25 heavy (non-hydrogen) atoms. The summed E-state index contributed by atoms with van der Waals surface area (Å²) in [6.07, 6.45) is 5.70. The highest BCUT2D eigenvalue weighted by atomic mass is 16.5. The van der Waals surface area contributed by atoms with Gasteiger partial charge in [-0.05, 0) is 29.8 Å². The number of hydrogen-bond donors (Lipinski definition) is 0. The second-order valence-corrected chi connectivity index (χ2v) is 6.12. The van der Waals surface area contributed by atoms with E-state index in [-0.39, 0.29) is 0 Å². The average molecular weight is 331 g/mol. The van der Waals surface area contributed by atoms with Crippen LogP contribution in [0.4, 0.5) is 5.82 Å². The molecule has 0 radical (unpaired) electrons. The molecule has 1 fully saturated rings. The van der Waals surface area contributed by atoms with E-state index in [9.17, 15) is 0 Å². The topological polar surface area (TPSA) is 55.5 Å². The van der Waals surface area contributed by atoms with E-state index in [1.54, 1.807) is 0 Å². The monoisotopic (exact) mass is 331 g/mol. The summed E-state index contributed by atoms with van der Waals surface area (Å²) >= 11 is 0. The Bertz CT molecular complexity index is 1050. The lowest BCUT2D eigenvalue weighted by molar-refractivity contribution is 0.122. The standard InChI is InChI=1S/C19H17N5O/c1-2-6-24-18(3-1)15(12-21-24)14-4-5-16-17(11-14)22-19(13-20-16)23-7-9-25-10-8-23/h1-6,11-13H,7-10H2. The fourth-order valence-corrected chi connectivity index (χ4v) is 3.27. The Morgan fingerprint density at radius 2 is 1.88 bits per heavy atom. The summed E-state index contributed by atoms with van der Waals surface area (Å²) in [7, 11) is 0. The van der Waals surface area contributed by atoms with Crippen molar-refractivity contribution in [1.29, 1.82) is 0 Å². The van der Waals surface area contributed by atoms with Crippen LogP contribution in [0.3, 0.4) is 0 Å². The first kappa shape index (κ1) is 14.4. The maximum absolute atomic E-state index is 5.42. The number of aromatic nitrogens is 4. The summed E-state index contributed by atoms with van der Waals surface area (Å²) in [5.74, 6) is 0.910. The molecule has 1 aliphatic rings. The zero-order chi connectivity index (χ0) is 16.6. The van der Waals surface area contributed by atoms with E-state index in [4.69, 9.17) is 9.72 Å². The van der Waals surface area contributed by atoms with E-state index in [1.165, 1.54) is 0 Å². The quantitative estimate of drug-likeness (QED) is 0.565. The van der Waals surface area contributed by atoms with Gasteiger partial charge in [0, 0.05) is 24.8 Å². The molecule has 0 spiro atoms. The maximum Gasteiger partial charge on any atom is 0.148 e. The normalized spacial score (nSPS) is 15.1. The molecule has 0 amide bonds. The zero-order valence-corrected chi connectivity index (χ0v) is 13.7. The highest BCUT2D eigenvalue weighted by Crippen LogP contribution is 2.27. The molecular formula is C19H17N5O. The second-order valence-electron chi connectivity index (χ2n) is 6.12. The van der Waals surface area contributed by atoms with Gasteiger partial charge in [-0.2, -0.15) is 5.10 Å². The smallest absolute Gasteiger partial charge is 0.148 e. The largest absolute Gasteiger partial charge is 0.378 e. The summed E-state index contributed by atoms with van der Waals surface area (Å²) in [5, 5.41) is 4.42. The Morgan fingerprint density at radius 3 is 2.80 bits per heavy atom. The third-order valence-corrected chi connectivity index (χ3v) is 4.60. The molecule has 6 nitrogen and oxygen atoms in total. The Morgan fingerprint density at radius 1 is 0.960 bits per heavy atom. The van der Waals surface area contributed by atoms with Gasteiger partial charge in [-0.1, -0.05) is 12.1 Å². The molecule has 4 aromatic rings. The number of hydrogen-bond acceptors (Lipinski definition) is 5. The fraction of sp³-hybridized carbons (Fsp3) is 0.211. The predicted octanol–water partition coefficient (Wildman–Crippen LogP) is 2.78. The molecule has 1 aliphatic heterocycles. The van der Waals surface area contributed by atoms with E-state index >= 15 is 0 Å². The molecule has 0 bridgehead atoms. The van der Waals surface area contributed by atoms with Gasteiger partial charge in [-0.3, -0.25) is 4.98 Å². The van der Waals surface area contributed by atoms with Crippen molar-refractivity contribution in [3.63, 3.8) is 0 Å². The van der Waals surface area contributed by atoms with Crippen molar-refractivity contribution in [2.75, 3.05) is 31.2 Å². The Balaban J connectivity index is 1.60. The van der Waals surface area contributed by atoms with Crippen LogP contribution in [0.25, 0.3) is 27.7 Å². The van der Waals surface area contributed by atoms with Gasteiger partial charge in [0.05, 0.1) is 42.2 Å². The van der Waals surface area contributed by atoms with Gasteiger partial charge in [-0.25, -0.2) is 9.50 Å². The molecule has 1 aromatic carbocycles. The van der Waals surface area contributed by atoms with Gasteiger partial charge in [0.15, 0.2) is 0 Å². The van der Waals surface area contributed by atoms with E-state index in [2.05, 4.69) is 33.2 Å². The molecule has 124 valence electrons. The van der Waals surface area contributed by atoms with Gasteiger partial charge in [0.1, 0.15) is 5.82 Å². The van der Waals surface area contributed by atoms with Crippen molar-refractivity contribution in [1.82, 2.24) is 19.6 Å². The maximum atomic E-state index is 5.42. The first-order chi connectivity index (χ1) is 12.4. The van der Waals surface area contributed by atoms with Crippen molar-refractivity contribution in [2.24, 2.45) is 0 Å². The molecule has 6 heteroatoms. The first-order valence-corrected chi connectivity index (χ1v) is 8.41. The lowest BCUT2D eigenvalue weighted by atomic mass is 10.1. The molecule has 3 aromatic heterocycles. The Kier molecular flexibility index (Phi) is 3.34. The summed E-state index contributed by atoms with van der Waals surface area (Å²) in [6.45, 7) is 3.19. The van der Waals surface area contributed by atoms with Crippen LogP contribution >= 0.6 is 0 Å². The molecule has 4 heterocycles. The lowest BCUT2D eigenvalue weighted by Gasteiger charge is -2.27. The number of benzene rings is 1. The molecule has 0 N–H and O–H groups in total. The summed E-state index contributed by atoms with van der Waals surface area (Å²) < 4.78 is 7.30. The van der Waals surface area contributed by atoms with Crippen LogP contribution in [0.2, 0.25) is 0 Å². The lowest BCUT2D eigenvalue weighted by Crippen LogP contribution is -2.36. The number of ether oxygens (including phenoxy) is 1. The minimum Gasteiger partial charge on any atom is -0.378 e. The van der Waals surface area contributed by atoms with Crippen molar-refractivity contribution in [3.8, 4) is 11.1 Å². The van der Waals surface area contributed by atoms with Crippen molar-refractivity contribution >= 4 is 22.4 Å². The van der Waals surface area contributed by atoms with E-state index < -0.39 is 0 Å². The first-order valence-electron chi connectivity index (χ1n) is 8.41. The SMILES string of the molecule is c1ccn2ncc(-c3ccc4ncc(N5CCOCC5)nc4c3)c2c1. The van der Waals surface area contributed by atoms with Gasteiger partial charge >= 0.3 is 0 Å². The Labute approximate surface area is 144 Å². The molecule has 0 unspecified atom stereocenters. The van der Waals surface area contributed by atoms with Crippen molar-refractivity contribution in [3.05, 3.63) is 55.0 Å². The number of pyridine rings is 1. The number of rotatable bonds is 2. The van der Waals surface area contributed by atoms with Gasteiger partial charge in [-0.15, -0.1) is 0 Å². The van der Waals surface area contributed by atoms with Crippen LogP contribution in [0.1, 0.15) is 0 Å². The van der Waals surface area contributed by atoms with Crippen LogP contribution < -0.4 is 4.90 Å². The van der Waals surface area contributed by atoms with Gasteiger partial charge in [0.2, 0.25) is 0 Å². The summed E-state index contributed by atoms with van der Waals surface area (Å²) in [4.78, 5) is 11.6. The van der Waals surface area contributed by atoms with Crippen LogP contribution in [0, 0.1) is 0 Å². The molecular weight excluding hydrogens is 314 g/mol. The Hall–Kier alpha value is -2.99. The zero-order valence-electron chi connectivity index (χ0n) is 13.7. The minimum atomic E-state index is 0.738. The van der Waals surface area contributed by atoms with Crippen LogP contribution in [0.5, 0.6) is 0 Å². The number of anilines is 1. The molecule has 0 saturated carbocycles. The van der Waals surface area contributed by atoms with E-state index in [0.29, 0.717) is 0 Å². The molecule has 1 saturated heterocycles. The molecule has 5 rings (SSSR count). The molecule has 0 aliphatic carbocycles. The van der Waals surface area contributed by atoms with Gasteiger partial charge in [0.25, 0.3) is 0 Å². The number of nitrogens with zero attached hydrogens (tertiary/aromatic N) is 5. The fourth-order valence-electron chi connectivity index (χ4n) is 3.27. The van der Waals surface area contributed by atoms with Crippen molar-refractivity contribution in [2.45, 2.75) is 0 Å². The highest BCUT2D eigenvalue weighted by molar-refractivity contribution is 5.87. The predicted molar refractivity (Wildman–Crippen MR) is 96.8 cm³/mol. The number of morpholine rings is 1. The minimum absolute atomic E-state index is 0.738. The average Bonchev–Trinajstić information content (AvgIpc) is 3.12. The van der Waals surface area contributed by atoms with Gasteiger partial charge < -0.3 is 9.64 Å². The molecule has 0 atom stereocenters. The van der Waals surface area contributed by atoms with Crippen LogP contribution in [0.15, 0.2) is 55.0 Å². The van der Waals surface area contributed by atoms with Crippen molar-refractivity contribution < 1.29 is 4.74 Å². The third kappa shape index (κ3) is 2.51. The summed E-state index contributed by atoms with van der Waals surface area (Å²) in [5.41, 5.74) is 5.08. The van der Waals surface area contributed by atoms with E-state index in [1.807, 2.05) is 41.3 Å². The highest BCUT2D eigenvalue weighted by Gasteiger charge is 2.14. The summed E-state index contributed by atoms with van der Waals surface area (Å²) in [6, 6.07) is 12.3.